The highest BCUT2D eigenvalue weighted by atomic mass is 127. The Morgan fingerprint density at radius 3 is 2.32 bits per heavy atom. The fourth-order valence-electron chi connectivity index (χ4n) is 2.02. The standard InChI is InChI=1S/C16H12INS/c1-11-18-16(10-19-11)14-6-2-4-12(8-14)13-5-3-7-15(17)9-13/h2-10H,1H3. The molecule has 2 aromatic carbocycles. The molecule has 0 spiro atoms. The van der Waals surface area contributed by atoms with E-state index in [2.05, 4.69) is 81.5 Å². The van der Waals surface area contributed by atoms with Crippen molar-refractivity contribution in [3.8, 4) is 22.4 Å². The van der Waals surface area contributed by atoms with Crippen molar-refractivity contribution < 1.29 is 0 Å². The summed E-state index contributed by atoms with van der Waals surface area (Å²) in [4.78, 5) is 4.55. The smallest absolute Gasteiger partial charge is 0.0901 e. The average molecular weight is 377 g/mol. The lowest BCUT2D eigenvalue weighted by Gasteiger charge is -2.04. The van der Waals surface area contributed by atoms with Gasteiger partial charge >= 0.3 is 0 Å². The minimum atomic E-state index is 1.06. The van der Waals surface area contributed by atoms with Gasteiger partial charge in [-0.05, 0) is 58.8 Å². The molecular weight excluding hydrogens is 365 g/mol. The van der Waals surface area contributed by atoms with Crippen LogP contribution < -0.4 is 0 Å². The molecule has 0 saturated carbocycles. The van der Waals surface area contributed by atoms with Gasteiger partial charge in [0, 0.05) is 14.5 Å². The van der Waals surface area contributed by atoms with Crippen molar-refractivity contribution in [1.29, 1.82) is 0 Å². The number of rotatable bonds is 2. The molecule has 0 aliphatic heterocycles. The zero-order chi connectivity index (χ0) is 13.2. The van der Waals surface area contributed by atoms with Gasteiger partial charge in [0.25, 0.3) is 0 Å². The molecule has 0 saturated heterocycles. The van der Waals surface area contributed by atoms with E-state index in [1.54, 1.807) is 11.3 Å². The molecule has 0 aliphatic rings. The highest BCUT2D eigenvalue weighted by molar-refractivity contribution is 14.1. The van der Waals surface area contributed by atoms with Crippen LogP contribution in [0.4, 0.5) is 0 Å². The molecule has 0 aliphatic carbocycles. The Hall–Kier alpha value is -1.20. The molecule has 3 heteroatoms. The number of hydrogen-bond acceptors (Lipinski definition) is 2. The first kappa shape index (κ1) is 12.8. The van der Waals surface area contributed by atoms with Crippen molar-refractivity contribution in [3.63, 3.8) is 0 Å². The maximum atomic E-state index is 4.55. The zero-order valence-electron chi connectivity index (χ0n) is 10.4. The Bertz CT molecular complexity index is 718. The molecule has 0 bridgehead atoms. The largest absolute Gasteiger partial charge is 0.242 e. The minimum Gasteiger partial charge on any atom is -0.242 e. The van der Waals surface area contributed by atoms with Crippen molar-refractivity contribution >= 4 is 33.9 Å². The maximum absolute atomic E-state index is 4.55. The highest BCUT2D eigenvalue weighted by Gasteiger charge is 2.04. The van der Waals surface area contributed by atoms with Crippen LogP contribution in [-0.2, 0) is 0 Å². The fourth-order valence-corrected chi connectivity index (χ4v) is 3.19. The van der Waals surface area contributed by atoms with Gasteiger partial charge in [-0.3, -0.25) is 0 Å². The van der Waals surface area contributed by atoms with Gasteiger partial charge in [0.1, 0.15) is 0 Å². The van der Waals surface area contributed by atoms with Gasteiger partial charge in [0.2, 0.25) is 0 Å². The first-order chi connectivity index (χ1) is 9.22. The molecular formula is C16H12INS. The van der Waals surface area contributed by atoms with E-state index in [1.165, 1.54) is 20.3 Å². The van der Waals surface area contributed by atoms with E-state index in [1.807, 2.05) is 6.92 Å². The lowest BCUT2D eigenvalue weighted by atomic mass is 10.0. The van der Waals surface area contributed by atoms with Crippen molar-refractivity contribution in [3.05, 3.63) is 62.5 Å². The molecule has 0 amide bonds. The Balaban J connectivity index is 2.05. The van der Waals surface area contributed by atoms with E-state index in [4.69, 9.17) is 0 Å². The van der Waals surface area contributed by atoms with E-state index in [9.17, 15) is 0 Å². The van der Waals surface area contributed by atoms with Gasteiger partial charge in [0.15, 0.2) is 0 Å². The van der Waals surface area contributed by atoms with Crippen LogP contribution in [0.15, 0.2) is 53.9 Å². The molecule has 1 heterocycles. The highest BCUT2D eigenvalue weighted by Crippen LogP contribution is 2.27. The zero-order valence-corrected chi connectivity index (χ0v) is 13.4. The van der Waals surface area contributed by atoms with Crippen molar-refractivity contribution in [2.75, 3.05) is 0 Å². The summed E-state index contributed by atoms with van der Waals surface area (Å²) in [7, 11) is 0. The Kier molecular flexibility index (Phi) is 3.66. The summed E-state index contributed by atoms with van der Waals surface area (Å²) in [6.07, 6.45) is 0. The second-order valence-electron chi connectivity index (χ2n) is 4.34. The Morgan fingerprint density at radius 2 is 1.63 bits per heavy atom. The molecule has 3 aromatic rings. The van der Waals surface area contributed by atoms with Crippen LogP contribution >= 0.6 is 33.9 Å². The maximum Gasteiger partial charge on any atom is 0.0901 e. The lowest BCUT2D eigenvalue weighted by Crippen LogP contribution is -1.82. The second-order valence-corrected chi connectivity index (χ2v) is 6.65. The van der Waals surface area contributed by atoms with E-state index >= 15 is 0 Å². The minimum absolute atomic E-state index is 1.06. The third-order valence-corrected chi connectivity index (χ3v) is 4.38. The number of hydrogen-bond donors (Lipinski definition) is 0. The van der Waals surface area contributed by atoms with Crippen LogP contribution in [0.3, 0.4) is 0 Å². The molecule has 0 unspecified atom stereocenters. The van der Waals surface area contributed by atoms with E-state index in [-0.39, 0.29) is 0 Å². The number of benzene rings is 2. The lowest BCUT2D eigenvalue weighted by molar-refractivity contribution is 1.30. The quantitative estimate of drug-likeness (QED) is 0.546. The SMILES string of the molecule is Cc1nc(-c2cccc(-c3cccc(I)c3)c2)cs1. The molecule has 1 aromatic heterocycles. The van der Waals surface area contributed by atoms with Crippen LogP contribution in [0, 0.1) is 10.5 Å². The number of halogens is 1. The summed E-state index contributed by atoms with van der Waals surface area (Å²) in [6.45, 7) is 2.04. The first-order valence-corrected chi connectivity index (χ1v) is 7.97. The summed E-state index contributed by atoms with van der Waals surface area (Å²) in [5.41, 5.74) is 4.73. The summed E-state index contributed by atoms with van der Waals surface area (Å²) in [5.74, 6) is 0. The van der Waals surface area contributed by atoms with Crippen molar-refractivity contribution in [2.24, 2.45) is 0 Å². The molecule has 0 radical (unpaired) electrons. The first-order valence-electron chi connectivity index (χ1n) is 6.01. The molecule has 19 heavy (non-hydrogen) atoms. The van der Waals surface area contributed by atoms with Crippen molar-refractivity contribution in [2.45, 2.75) is 6.92 Å². The Morgan fingerprint density at radius 1 is 0.947 bits per heavy atom. The normalized spacial score (nSPS) is 10.6. The topological polar surface area (TPSA) is 12.9 Å². The van der Waals surface area contributed by atoms with Gasteiger partial charge < -0.3 is 0 Å². The fraction of sp³-hybridized carbons (Fsp3) is 0.0625. The van der Waals surface area contributed by atoms with E-state index in [0.717, 1.165) is 10.7 Å². The van der Waals surface area contributed by atoms with Crippen LogP contribution in [0.2, 0.25) is 0 Å². The predicted octanol–water partition coefficient (Wildman–Crippen LogP) is 5.39. The third-order valence-electron chi connectivity index (χ3n) is 2.94. The second kappa shape index (κ2) is 5.43. The van der Waals surface area contributed by atoms with Crippen LogP contribution in [0.25, 0.3) is 22.4 Å². The van der Waals surface area contributed by atoms with Gasteiger partial charge in [-0.2, -0.15) is 0 Å². The van der Waals surface area contributed by atoms with Crippen LogP contribution in [-0.4, -0.2) is 4.98 Å². The Labute approximate surface area is 130 Å². The van der Waals surface area contributed by atoms with Crippen LogP contribution in [0.1, 0.15) is 5.01 Å². The third kappa shape index (κ3) is 2.87. The summed E-state index contributed by atoms with van der Waals surface area (Å²) in [5, 5.41) is 3.22. The molecule has 0 atom stereocenters. The van der Waals surface area contributed by atoms with Crippen molar-refractivity contribution in [1.82, 2.24) is 4.98 Å². The molecule has 3 rings (SSSR count). The number of nitrogens with zero attached hydrogens (tertiary/aromatic N) is 1. The number of thiazole rings is 1. The molecule has 0 fully saturated rings. The summed E-state index contributed by atoms with van der Waals surface area (Å²) >= 11 is 4.04. The average Bonchev–Trinajstić information content (AvgIpc) is 2.86. The monoisotopic (exact) mass is 377 g/mol. The van der Waals surface area contributed by atoms with E-state index in [0.29, 0.717) is 0 Å². The molecule has 1 nitrogen and oxygen atoms in total. The number of aromatic nitrogens is 1. The van der Waals surface area contributed by atoms with Gasteiger partial charge in [0.05, 0.1) is 10.7 Å². The van der Waals surface area contributed by atoms with E-state index < -0.39 is 0 Å². The van der Waals surface area contributed by atoms with Gasteiger partial charge in [-0.25, -0.2) is 4.98 Å². The van der Waals surface area contributed by atoms with Gasteiger partial charge in [-0.1, -0.05) is 30.3 Å². The van der Waals surface area contributed by atoms with Gasteiger partial charge in [-0.15, -0.1) is 11.3 Å². The summed E-state index contributed by atoms with van der Waals surface area (Å²) in [6, 6.07) is 17.1. The number of aryl methyl sites for hydroxylation is 1. The summed E-state index contributed by atoms with van der Waals surface area (Å²) < 4.78 is 1.25. The van der Waals surface area contributed by atoms with Crippen LogP contribution in [0.5, 0.6) is 0 Å². The molecule has 94 valence electrons. The predicted molar refractivity (Wildman–Crippen MR) is 90.4 cm³/mol. The molecule has 0 N–H and O–H groups in total.